The molecule has 2 aromatic rings. The van der Waals surface area contributed by atoms with Crippen molar-refractivity contribution in [1.29, 1.82) is 0 Å². The van der Waals surface area contributed by atoms with Crippen molar-refractivity contribution in [3.8, 4) is 11.1 Å². The van der Waals surface area contributed by atoms with E-state index < -0.39 is 0 Å². The van der Waals surface area contributed by atoms with Crippen molar-refractivity contribution in [2.45, 2.75) is 0 Å². The number of benzene rings is 1. The van der Waals surface area contributed by atoms with Gasteiger partial charge in [-0.15, -0.1) is 0 Å². The van der Waals surface area contributed by atoms with Crippen LogP contribution in [0.5, 0.6) is 0 Å². The lowest BCUT2D eigenvalue weighted by Crippen LogP contribution is -2.14. The molecule has 0 spiro atoms. The molecule has 86 valence electrons. The molecule has 3 heteroatoms. The molecule has 0 saturated heterocycles. The molecule has 0 fully saturated rings. The van der Waals surface area contributed by atoms with Gasteiger partial charge in [-0.1, -0.05) is 18.7 Å². The highest BCUT2D eigenvalue weighted by atomic mass is 15.0. The van der Waals surface area contributed by atoms with Gasteiger partial charge in [0.15, 0.2) is 0 Å². The molecule has 0 radical (unpaired) electrons. The van der Waals surface area contributed by atoms with E-state index in [1.807, 2.05) is 47.2 Å². The van der Waals surface area contributed by atoms with E-state index in [2.05, 4.69) is 11.6 Å². The molecule has 0 unspecified atom stereocenters. The maximum absolute atomic E-state index is 5.67. The van der Waals surface area contributed by atoms with Crippen LogP contribution < -0.4 is 11.2 Å². The predicted octanol–water partition coefficient (Wildman–Crippen LogP) is 2.37. The SMILES string of the molecule is C=Cn1cc(-c2ccc(N)cc2)cc/c1=N/C. The summed E-state index contributed by atoms with van der Waals surface area (Å²) < 4.78 is 1.89. The van der Waals surface area contributed by atoms with Crippen LogP contribution in [0.3, 0.4) is 0 Å². The van der Waals surface area contributed by atoms with E-state index in [1.165, 1.54) is 0 Å². The summed E-state index contributed by atoms with van der Waals surface area (Å²) in [4.78, 5) is 4.16. The standard InChI is InChI=1S/C14H15N3/c1-3-17-10-12(6-9-14(17)16-2)11-4-7-13(15)8-5-11/h3-10H,1,15H2,2H3/b16-14-. The third-order valence-electron chi connectivity index (χ3n) is 2.62. The maximum atomic E-state index is 5.67. The zero-order valence-corrected chi connectivity index (χ0v) is 9.80. The first-order chi connectivity index (χ1) is 8.24. The quantitative estimate of drug-likeness (QED) is 0.783. The maximum Gasteiger partial charge on any atom is 0.131 e. The smallest absolute Gasteiger partial charge is 0.131 e. The summed E-state index contributed by atoms with van der Waals surface area (Å²) in [7, 11) is 1.76. The highest BCUT2D eigenvalue weighted by molar-refractivity contribution is 5.64. The molecule has 0 aliphatic carbocycles. The minimum absolute atomic E-state index is 0.769. The molecule has 0 bridgehead atoms. The van der Waals surface area contributed by atoms with Gasteiger partial charge in [0.05, 0.1) is 0 Å². The van der Waals surface area contributed by atoms with Crippen LogP contribution in [-0.4, -0.2) is 11.6 Å². The van der Waals surface area contributed by atoms with Gasteiger partial charge in [-0.05, 0) is 35.4 Å². The number of nitrogen functional groups attached to an aromatic ring is 1. The molecule has 1 aromatic heterocycles. The minimum atomic E-state index is 0.769. The van der Waals surface area contributed by atoms with Gasteiger partial charge in [-0.2, -0.15) is 0 Å². The third-order valence-corrected chi connectivity index (χ3v) is 2.62. The summed E-state index contributed by atoms with van der Waals surface area (Å²) in [6.45, 7) is 3.77. The van der Waals surface area contributed by atoms with E-state index in [1.54, 1.807) is 13.2 Å². The number of nitrogens with two attached hydrogens (primary N) is 1. The van der Waals surface area contributed by atoms with Gasteiger partial charge >= 0.3 is 0 Å². The summed E-state index contributed by atoms with van der Waals surface area (Å²) in [6.07, 6.45) is 3.74. The second-order valence-electron chi connectivity index (χ2n) is 3.71. The zero-order chi connectivity index (χ0) is 12.3. The fraction of sp³-hybridized carbons (Fsp3) is 0.0714. The molecule has 2 rings (SSSR count). The molecule has 1 heterocycles. The first-order valence-corrected chi connectivity index (χ1v) is 5.38. The Morgan fingerprint density at radius 1 is 1.12 bits per heavy atom. The van der Waals surface area contributed by atoms with E-state index in [0.29, 0.717) is 0 Å². The molecule has 0 aliphatic rings. The van der Waals surface area contributed by atoms with Crippen molar-refractivity contribution in [3.05, 3.63) is 54.7 Å². The van der Waals surface area contributed by atoms with Gasteiger partial charge in [0.25, 0.3) is 0 Å². The highest BCUT2D eigenvalue weighted by Gasteiger charge is 1.98. The second kappa shape index (κ2) is 4.70. The summed E-state index contributed by atoms with van der Waals surface area (Å²) >= 11 is 0. The van der Waals surface area contributed by atoms with Crippen molar-refractivity contribution >= 4 is 11.9 Å². The fourth-order valence-corrected chi connectivity index (χ4v) is 1.69. The van der Waals surface area contributed by atoms with Crippen molar-refractivity contribution in [2.24, 2.45) is 4.99 Å². The van der Waals surface area contributed by atoms with Crippen LogP contribution in [0.25, 0.3) is 17.3 Å². The summed E-state index contributed by atoms with van der Waals surface area (Å²) in [5.41, 5.74) is 9.54. The number of aromatic nitrogens is 1. The van der Waals surface area contributed by atoms with Crippen molar-refractivity contribution < 1.29 is 0 Å². The summed E-state index contributed by atoms with van der Waals surface area (Å²) in [5, 5.41) is 0. The Kier molecular flexibility index (Phi) is 3.10. The average Bonchev–Trinajstić information content (AvgIpc) is 2.39. The normalized spacial score (nSPS) is 11.5. The van der Waals surface area contributed by atoms with E-state index in [9.17, 15) is 0 Å². The first kappa shape index (κ1) is 11.2. The Bertz CT molecular complexity index is 592. The largest absolute Gasteiger partial charge is 0.399 e. The van der Waals surface area contributed by atoms with E-state index in [0.717, 1.165) is 22.3 Å². The van der Waals surface area contributed by atoms with Gasteiger partial charge in [-0.3, -0.25) is 4.99 Å². The molecule has 2 N–H and O–H groups in total. The summed E-state index contributed by atoms with van der Waals surface area (Å²) in [6, 6.07) is 11.8. The van der Waals surface area contributed by atoms with Crippen LogP contribution in [0.15, 0.2) is 54.2 Å². The molecule has 0 atom stereocenters. The van der Waals surface area contributed by atoms with Crippen LogP contribution in [0.1, 0.15) is 0 Å². The van der Waals surface area contributed by atoms with Gasteiger partial charge in [-0.25, -0.2) is 0 Å². The van der Waals surface area contributed by atoms with Crippen LogP contribution in [0, 0.1) is 0 Å². The molecule has 0 saturated carbocycles. The lowest BCUT2D eigenvalue weighted by atomic mass is 10.1. The third kappa shape index (κ3) is 2.28. The second-order valence-corrected chi connectivity index (χ2v) is 3.71. The average molecular weight is 225 g/mol. The number of hydrogen-bond acceptors (Lipinski definition) is 2. The number of anilines is 1. The van der Waals surface area contributed by atoms with Crippen molar-refractivity contribution in [1.82, 2.24) is 4.57 Å². The van der Waals surface area contributed by atoms with Crippen molar-refractivity contribution in [2.75, 3.05) is 12.8 Å². The van der Waals surface area contributed by atoms with Gasteiger partial charge in [0, 0.05) is 25.1 Å². The Hall–Kier alpha value is -2.29. The van der Waals surface area contributed by atoms with E-state index >= 15 is 0 Å². The Morgan fingerprint density at radius 3 is 2.35 bits per heavy atom. The molecule has 0 aliphatic heterocycles. The van der Waals surface area contributed by atoms with Gasteiger partial charge < -0.3 is 10.3 Å². The number of hydrogen-bond donors (Lipinski definition) is 1. The lowest BCUT2D eigenvalue weighted by molar-refractivity contribution is 0.994. The molecule has 1 aromatic carbocycles. The van der Waals surface area contributed by atoms with Crippen LogP contribution in [-0.2, 0) is 0 Å². The van der Waals surface area contributed by atoms with Gasteiger partial charge in [0.2, 0.25) is 0 Å². The zero-order valence-electron chi connectivity index (χ0n) is 9.80. The summed E-state index contributed by atoms with van der Waals surface area (Å²) in [5.74, 6) is 0. The Balaban J connectivity index is 2.54. The van der Waals surface area contributed by atoms with Crippen LogP contribution >= 0.6 is 0 Å². The van der Waals surface area contributed by atoms with E-state index in [-0.39, 0.29) is 0 Å². The molecular weight excluding hydrogens is 210 g/mol. The van der Waals surface area contributed by atoms with E-state index in [4.69, 9.17) is 5.73 Å². The first-order valence-electron chi connectivity index (χ1n) is 5.38. The minimum Gasteiger partial charge on any atom is -0.399 e. The molecule has 0 amide bonds. The van der Waals surface area contributed by atoms with Crippen LogP contribution in [0.4, 0.5) is 5.69 Å². The molecular formula is C14H15N3. The number of nitrogens with zero attached hydrogens (tertiary/aromatic N) is 2. The number of rotatable bonds is 2. The molecule has 17 heavy (non-hydrogen) atoms. The monoisotopic (exact) mass is 225 g/mol. The Morgan fingerprint density at radius 2 is 1.76 bits per heavy atom. The number of pyridine rings is 1. The van der Waals surface area contributed by atoms with Gasteiger partial charge in [0.1, 0.15) is 5.49 Å². The highest BCUT2D eigenvalue weighted by Crippen LogP contribution is 2.19. The molecule has 3 nitrogen and oxygen atoms in total. The van der Waals surface area contributed by atoms with Crippen molar-refractivity contribution in [3.63, 3.8) is 0 Å². The van der Waals surface area contributed by atoms with Crippen LogP contribution in [0.2, 0.25) is 0 Å². The lowest BCUT2D eigenvalue weighted by Gasteiger charge is -2.06. The Labute approximate surface area is 101 Å². The predicted molar refractivity (Wildman–Crippen MR) is 72.2 cm³/mol. The topological polar surface area (TPSA) is 43.3 Å². The fourth-order valence-electron chi connectivity index (χ4n) is 1.69.